The lowest BCUT2D eigenvalue weighted by atomic mass is 10.3. The van der Waals surface area contributed by atoms with E-state index < -0.39 is 5.50 Å². The highest BCUT2D eigenvalue weighted by molar-refractivity contribution is 6.20. The van der Waals surface area contributed by atoms with Gasteiger partial charge in [-0.1, -0.05) is 0 Å². The lowest BCUT2D eigenvalue weighted by Gasteiger charge is -2.02. The Morgan fingerprint density at radius 2 is 2.60 bits per heavy atom. The Morgan fingerprint density at radius 1 is 1.80 bits per heavy atom. The number of rotatable bonds is 3. The summed E-state index contributed by atoms with van der Waals surface area (Å²) in [5, 5.41) is 8.31. The molecule has 0 aliphatic heterocycles. The zero-order chi connectivity index (χ0) is 7.40. The minimum atomic E-state index is -0.480. The average molecular weight is 162 g/mol. The quantitative estimate of drug-likeness (QED) is 0.400. The highest BCUT2D eigenvalue weighted by Crippen LogP contribution is 2.05. The first kappa shape index (κ1) is 7.60. The first-order chi connectivity index (χ1) is 4.83. The second-order valence-electron chi connectivity index (χ2n) is 1.88. The molecular formula is C6H8ClNO2. The molecule has 0 aliphatic rings. The van der Waals surface area contributed by atoms with Crippen LogP contribution in [0.1, 0.15) is 5.76 Å². The van der Waals surface area contributed by atoms with Gasteiger partial charge >= 0.3 is 0 Å². The van der Waals surface area contributed by atoms with E-state index in [0.717, 1.165) is 5.76 Å². The minimum absolute atomic E-state index is 0.477. The van der Waals surface area contributed by atoms with Crippen molar-refractivity contribution >= 4 is 11.6 Å². The van der Waals surface area contributed by atoms with Gasteiger partial charge in [-0.2, -0.15) is 5.48 Å². The highest BCUT2D eigenvalue weighted by atomic mass is 35.5. The summed E-state index contributed by atoms with van der Waals surface area (Å²) in [7, 11) is 0. The summed E-state index contributed by atoms with van der Waals surface area (Å²) in [5.41, 5.74) is 1.43. The van der Waals surface area contributed by atoms with Crippen molar-refractivity contribution in [2.45, 2.75) is 11.9 Å². The molecule has 56 valence electrons. The van der Waals surface area contributed by atoms with Crippen molar-refractivity contribution in [2.75, 3.05) is 0 Å². The SMILES string of the molecule is ONC(Cl)Cc1ccco1. The summed E-state index contributed by atoms with van der Waals surface area (Å²) >= 11 is 5.54. The van der Waals surface area contributed by atoms with Gasteiger partial charge in [-0.05, 0) is 12.1 Å². The van der Waals surface area contributed by atoms with Crippen LogP contribution in [0.5, 0.6) is 0 Å². The molecule has 10 heavy (non-hydrogen) atoms. The molecule has 3 nitrogen and oxygen atoms in total. The summed E-state index contributed by atoms with van der Waals surface area (Å²) < 4.78 is 4.97. The van der Waals surface area contributed by atoms with Gasteiger partial charge in [0, 0.05) is 6.42 Å². The van der Waals surface area contributed by atoms with E-state index in [1.807, 2.05) is 5.48 Å². The van der Waals surface area contributed by atoms with E-state index in [2.05, 4.69) is 0 Å². The van der Waals surface area contributed by atoms with Gasteiger partial charge in [-0.15, -0.1) is 11.6 Å². The highest BCUT2D eigenvalue weighted by Gasteiger charge is 2.04. The molecular weight excluding hydrogens is 154 g/mol. The molecule has 0 amide bonds. The van der Waals surface area contributed by atoms with Crippen LogP contribution in [0.4, 0.5) is 0 Å². The standard InChI is InChI=1S/C6H8ClNO2/c7-6(8-9)4-5-2-1-3-10-5/h1-3,6,8-9H,4H2. The predicted octanol–water partition coefficient (Wildman–Crippen LogP) is 1.37. The van der Waals surface area contributed by atoms with Gasteiger partial charge in [0.15, 0.2) is 0 Å². The number of hydroxylamine groups is 1. The van der Waals surface area contributed by atoms with Crippen LogP contribution < -0.4 is 5.48 Å². The fraction of sp³-hybridized carbons (Fsp3) is 0.333. The number of hydrogen-bond acceptors (Lipinski definition) is 3. The van der Waals surface area contributed by atoms with Gasteiger partial charge in [-0.25, -0.2) is 0 Å². The number of nitrogens with one attached hydrogen (secondary N) is 1. The molecule has 1 atom stereocenters. The van der Waals surface area contributed by atoms with E-state index >= 15 is 0 Å². The van der Waals surface area contributed by atoms with Gasteiger partial charge in [0.05, 0.1) is 6.26 Å². The normalized spacial score (nSPS) is 13.4. The molecule has 4 heteroatoms. The molecule has 0 saturated carbocycles. The summed E-state index contributed by atoms with van der Waals surface area (Å²) in [6.07, 6.45) is 2.04. The maximum atomic E-state index is 8.31. The van der Waals surface area contributed by atoms with Crippen molar-refractivity contribution in [3.05, 3.63) is 24.2 Å². The molecule has 0 aliphatic carbocycles. The van der Waals surface area contributed by atoms with E-state index in [1.165, 1.54) is 0 Å². The third kappa shape index (κ3) is 2.02. The summed E-state index contributed by atoms with van der Waals surface area (Å²) in [4.78, 5) is 0. The second-order valence-corrected chi connectivity index (χ2v) is 2.41. The Balaban J connectivity index is 2.40. The van der Waals surface area contributed by atoms with E-state index in [1.54, 1.807) is 18.4 Å². The summed E-state index contributed by atoms with van der Waals surface area (Å²) in [5.74, 6) is 0.751. The predicted molar refractivity (Wildman–Crippen MR) is 37.0 cm³/mol. The Morgan fingerprint density at radius 3 is 3.10 bits per heavy atom. The van der Waals surface area contributed by atoms with Crippen molar-refractivity contribution in [3.8, 4) is 0 Å². The Kier molecular flexibility index (Phi) is 2.74. The number of alkyl halides is 1. The van der Waals surface area contributed by atoms with Crippen molar-refractivity contribution in [3.63, 3.8) is 0 Å². The van der Waals surface area contributed by atoms with Crippen LogP contribution >= 0.6 is 11.6 Å². The molecule has 2 N–H and O–H groups in total. The first-order valence-electron chi connectivity index (χ1n) is 2.89. The molecule has 0 bridgehead atoms. The molecule has 1 aromatic rings. The fourth-order valence-corrected chi connectivity index (χ4v) is 0.803. The summed E-state index contributed by atoms with van der Waals surface area (Å²) in [6, 6.07) is 3.57. The topological polar surface area (TPSA) is 45.4 Å². The second kappa shape index (κ2) is 3.61. The zero-order valence-corrected chi connectivity index (χ0v) is 6.01. The molecule has 0 fully saturated rings. The van der Waals surface area contributed by atoms with Crippen molar-refractivity contribution in [1.82, 2.24) is 5.48 Å². The van der Waals surface area contributed by atoms with Crippen LogP contribution in [-0.2, 0) is 6.42 Å². The van der Waals surface area contributed by atoms with E-state index in [0.29, 0.717) is 6.42 Å². The fourth-order valence-electron chi connectivity index (χ4n) is 0.651. The maximum Gasteiger partial charge on any atom is 0.113 e. The lowest BCUT2D eigenvalue weighted by molar-refractivity contribution is 0.152. The van der Waals surface area contributed by atoms with E-state index in [9.17, 15) is 0 Å². The smallest absolute Gasteiger partial charge is 0.113 e. The van der Waals surface area contributed by atoms with Crippen LogP contribution in [0.3, 0.4) is 0 Å². The summed E-state index contributed by atoms with van der Waals surface area (Å²) in [6.45, 7) is 0. The first-order valence-corrected chi connectivity index (χ1v) is 3.32. The molecule has 1 heterocycles. The van der Waals surface area contributed by atoms with Gasteiger partial charge in [0.2, 0.25) is 0 Å². The minimum Gasteiger partial charge on any atom is -0.469 e. The molecule has 0 spiro atoms. The van der Waals surface area contributed by atoms with E-state index in [4.69, 9.17) is 21.2 Å². The van der Waals surface area contributed by atoms with Crippen molar-refractivity contribution < 1.29 is 9.62 Å². The van der Waals surface area contributed by atoms with Gasteiger partial charge in [0.25, 0.3) is 0 Å². The Bertz CT molecular complexity index is 176. The number of furan rings is 1. The van der Waals surface area contributed by atoms with Crippen LogP contribution in [0.15, 0.2) is 22.8 Å². The molecule has 0 aromatic carbocycles. The Hall–Kier alpha value is -0.510. The average Bonchev–Trinajstić information content (AvgIpc) is 2.40. The molecule has 0 radical (unpaired) electrons. The largest absolute Gasteiger partial charge is 0.469 e. The number of hydrogen-bond donors (Lipinski definition) is 2. The van der Waals surface area contributed by atoms with Crippen LogP contribution in [-0.4, -0.2) is 10.7 Å². The van der Waals surface area contributed by atoms with E-state index in [-0.39, 0.29) is 0 Å². The van der Waals surface area contributed by atoms with Crippen molar-refractivity contribution in [2.24, 2.45) is 0 Å². The molecule has 1 unspecified atom stereocenters. The Labute approximate surface area is 63.6 Å². The third-order valence-corrected chi connectivity index (χ3v) is 1.35. The van der Waals surface area contributed by atoms with Crippen LogP contribution in [0.25, 0.3) is 0 Å². The van der Waals surface area contributed by atoms with Gasteiger partial charge < -0.3 is 9.62 Å². The molecule has 1 rings (SSSR count). The van der Waals surface area contributed by atoms with Gasteiger partial charge in [0.1, 0.15) is 11.3 Å². The van der Waals surface area contributed by atoms with Crippen LogP contribution in [0, 0.1) is 0 Å². The molecule has 0 saturated heterocycles. The monoisotopic (exact) mass is 161 g/mol. The van der Waals surface area contributed by atoms with Crippen molar-refractivity contribution in [1.29, 1.82) is 0 Å². The van der Waals surface area contributed by atoms with Crippen LogP contribution in [0.2, 0.25) is 0 Å². The molecule has 1 aromatic heterocycles. The zero-order valence-electron chi connectivity index (χ0n) is 5.25. The van der Waals surface area contributed by atoms with Gasteiger partial charge in [-0.3, -0.25) is 0 Å². The number of halogens is 1. The third-order valence-electron chi connectivity index (χ3n) is 1.10. The lowest BCUT2D eigenvalue weighted by Crippen LogP contribution is -2.21. The maximum absolute atomic E-state index is 8.31.